The summed E-state index contributed by atoms with van der Waals surface area (Å²) in [4.78, 5) is 0.362. The number of allylic oxidation sites excluding steroid dienone is 1. The van der Waals surface area contributed by atoms with Crippen LogP contribution in [0.5, 0.6) is 0 Å². The third kappa shape index (κ3) is 3.16. The van der Waals surface area contributed by atoms with E-state index in [1.54, 1.807) is 23.5 Å². The van der Waals surface area contributed by atoms with Gasteiger partial charge < -0.3 is 4.74 Å². The number of sulfonamides is 1. The lowest BCUT2D eigenvalue weighted by molar-refractivity contribution is 0.285. The van der Waals surface area contributed by atoms with Crippen LogP contribution < -0.4 is 0 Å². The summed E-state index contributed by atoms with van der Waals surface area (Å²) in [5.74, 6) is 0.662. The summed E-state index contributed by atoms with van der Waals surface area (Å²) >= 11 is 0. The quantitative estimate of drug-likeness (QED) is 0.777. The number of methoxy groups -OCH3 is 1. The van der Waals surface area contributed by atoms with Gasteiger partial charge >= 0.3 is 0 Å². The maximum absolute atomic E-state index is 12.3. The minimum Gasteiger partial charge on any atom is -0.501 e. The summed E-state index contributed by atoms with van der Waals surface area (Å²) in [5.41, 5.74) is 0.993. The van der Waals surface area contributed by atoms with Crippen molar-refractivity contribution in [2.75, 3.05) is 20.2 Å². The maximum Gasteiger partial charge on any atom is 0.243 e. The average molecular weight is 281 g/mol. The van der Waals surface area contributed by atoms with E-state index < -0.39 is 10.0 Å². The van der Waals surface area contributed by atoms with E-state index in [1.165, 1.54) is 0 Å². The highest BCUT2D eigenvalue weighted by Crippen LogP contribution is 2.21. The Morgan fingerprint density at radius 1 is 1.26 bits per heavy atom. The van der Waals surface area contributed by atoms with Gasteiger partial charge in [-0.15, -0.1) is 0 Å². The number of nitrogens with zero attached hydrogens (tertiary/aromatic N) is 1. The zero-order valence-electron chi connectivity index (χ0n) is 11.1. The molecule has 1 aliphatic heterocycles. The molecule has 1 aliphatic rings. The summed E-state index contributed by atoms with van der Waals surface area (Å²) in [6.07, 6.45) is 2.50. The fourth-order valence-corrected chi connectivity index (χ4v) is 3.67. The van der Waals surface area contributed by atoms with Gasteiger partial charge in [-0.3, -0.25) is 0 Å². The maximum atomic E-state index is 12.3. The SMILES string of the molecule is C=C(Cc1ccc(S(=O)(=O)N2CCCC2)cc1)OC. The van der Waals surface area contributed by atoms with Crippen LogP contribution in [0.3, 0.4) is 0 Å². The van der Waals surface area contributed by atoms with Crippen LogP contribution in [0.4, 0.5) is 0 Å². The van der Waals surface area contributed by atoms with Gasteiger partial charge in [-0.2, -0.15) is 4.31 Å². The molecule has 1 aromatic carbocycles. The Balaban J connectivity index is 2.15. The molecule has 0 amide bonds. The molecule has 0 aromatic heterocycles. The zero-order valence-corrected chi connectivity index (χ0v) is 11.9. The van der Waals surface area contributed by atoms with Gasteiger partial charge in [-0.05, 0) is 30.5 Å². The molecule has 1 fully saturated rings. The minimum absolute atomic E-state index is 0.362. The second kappa shape index (κ2) is 5.75. The number of benzene rings is 1. The van der Waals surface area contributed by atoms with Crippen molar-refractivity contribution in [1.82, 2.24) is 4.31 Å². The molecule has 1 saturated heterocycles. The number of ether oxygens (including phenoxy) is 1. The Hall–Kier alpha value is -1.33. The smallest absolute Gasteiger partial charge is 0.243 e. The van der Waals surface area contributed by atoms with Crippen LogP contribution in [0.2, 0.25) is 0 Å². The van der Waals surface area contributed by atoms with E-state index in [2.05, 4.69) is 6.58 Å². The van der Waals surface area contributed by atoms with Gasteiger partial charge in [0.2, 0.25) is 10.0 Å². The Bertz CT molecular complexity index is 543. The fraction of sp³-hybridized carbons (Fsp3) is 0.429. The van der Waals surface area contributed by atoms with Gasteiger partial charge in [0, 0.05) is 19.5 Å². The lowest BCUT2D eigenvalue weighted by Gasteiger charge is -2.15. The van der Waals surface area contributed by atoms with Crippen molar-refractivity contribution in [3.05, 3.63) is 42.2 Å². The third-order valence-corrected chi connectivity index (χ3v) is 5.23. The highest BCUT2D eigenvalue weighted by molar-refractivity contribution is 7.89. The van der Waals surface area contributed by atoms with E-state index in [-0.39, 0.29) is 0 Å². The summed E-state index contributed by atoms with van der Waals surface area (Å²) in [7, 11) is -1.73. The van der Waals surface area contributed by atoms with Crippen molar-refractivity contribution in [1.29, 1.82) is 0 Å². The van der Waals surface area contributed by atoms with Crippen LogP contribution in [-0.4, -0.2) is 32.9 Å². The lowest BCUT2D eigenvalue weighted by Crippen LogP contribution is -2.27. The van der Waals surface area contributed by atoms with E-state index in [4.69, 9.17) is 4.74 Å². The Labute approximate surface area is 114 Å². The molecule has 2 rings (SSSR count). The molecule has 0 spiro atoms. The van der Waals surface area contributed by atoms with Crippen molar-refractivity contribution >= 4 is 10.0 Å². The van der Waals surface area contributed by atoms with Gasteiger partial charge in [0.15, 0.2) is 0 Å². The van der Waals surface area contributed by atoms with Crippen LogP contribution in [0.25, 0.3) is 0 Å². The van der Waals surface area contributed by atoms with Gasteiger partial charge in [-0.25, -0.2) is 8.42 Å². The molecule has 0 aliphatic carbocycles. The molecule has 1 heterocycles. The number of rotatable bonds is 5. The fourth-order valence-electron chi connectivity index (χ4n) is 2.16. The normalized spacial score (nSPS) is 16.5. The van der Waals surface area contributed by atoms with Gasteiger partial charge in [0.05, 0.1) is 17.8 Å². The molecule has 0 bridgehead atoms. The Kier molecular flexibility index (Phi) is 4.27. The van der Waals surface area contributed by atoms with Crippen molar-refractivity contribution in [3.63, 3.8) is 0 Å². The molecule has 1 aromatic rings. The second-order valence-corrected chi connectivity index (χ2v) is 6.61. The number of hydrogen-bond donors (Lipinski definition) is 0. The molecular formula is C14H19NO3S. The summed E-state index contributed by atoms with van der Waals surface area (Å²) in [6, 6.07) is 6.94. The molecule has 0 unspecified atom stereocenters. The molecule has 104 valence electrons. The molecule has 4 nitrogen and oxygen atoms in total. The first kappa shape index (κ1) is 14.1. The van der Waals surface area contributed by atoms with Gasteiger partial charge in [0.1, 0.15) is 0 Å². The molecule has 0 saturated carbocycles. The lowest BCUT2D eigenvalue weighted by atomic mass is 10.1. The van der Waals surface area contributed by atoms with Crippen molar-refractivity contribution < 1.29 is 13.2 Å². The van der Waals surface area contributed by atoms with Gasteiger partial charge in [0.25, 0.3) is 0 Å². The largest absolute Gasteiger partial charge is 0.501 e. The van der Waals surface area contributed by atoms with E-state index in [9.17, 15) is 8.42 Å². The summed E-state index contributed by atoms with van der Waals surface area (Å²) in [6.45, 7) is 5.01. The predicted octanol–water partition coefficient (Wildman–Crippen LogP) is 2.17. The standard InChI is InChI=1S/C14H19NO3S/c1-12(18-2)11-13-5-7-14(8-6-13)19(16,17)15-9-3-4-10-15/h5-8H,1,3-4,9-11H2,2H3. The zero-order chi connectivity index (χ0) is 13.9. The van der Waals surface area contributed by atoms with Crippen LogP contribution >= 0.6 is 0 Å². The molecule has 0 atom stereocenters. The average Bonchev–Trinajstić information content (AvgIpc) is 2.94. The molecule has 19 heavy (non-hydrogen) atoms. The van der Waals surface area contributed by atoms with E-state index in [0.29, 0.717) is 30.2 Å². The first-order valence-electron chi connectivity index (χ1n) is 6.35. The Morgan fingerprint density at radius 3 is 2.37 bits per heavy atom. The predicted molar refractivity (Wildman–Crippen MR) is 74.3 cm³/mol. The second-order valence-electron chi connectivity index (χ2n) is 4.67. The van der Waals surface area contributed by atoms with Crippen molar-refractivity contribution in [3.8, 4) is 0 Å². The molecule has 5 heteroatoms. The third-order valence-electron chi connectivity index (χ3n) is 3.32. The van der Waals surface area contributed by atoms with E-state index in [0.717, 1.165) is 18.4 Å². The topological polar surface area (TPSA) is 46.6 Å². The van der Waals surface area contributed by atoms with Crippen LogP contribution in [0.1, 0.15) is 18.4 Å². The molecule has 0 radical (unpaired) electrons. The van der Waals surface area contributed by atoms with E-state index >= 15 is 0 Å². The Morgan fingerprint density at radius 2 is 1.84 bits per heavy atom. The van der Waals surface area contributed by atoms with E-state index in [1.807, 2.05) is 12.1 Å². The summed E-state index contributed by atoms with van der Waals surface area (Å²) in [5, 5.41) is 0. The molecular weight excluding hydrogens is 262 g/mol. The van der Waals surface area contributed by atoms with Crippen LogP contribution in [0.15, 0.2) is 41.5 Å². The number of hydrogen-bond acceptors (Lipinski definition) is 3. The van der Waals surface area contributed by atoms with Crippen LogP contribution in [0, 0.1) is 0 Å². The highest BCUT2D eigenvalue weighted by Gasteiger charge is 2.26. The first-order valence-corrected chi connectivity index (χ1v) is 7.79. The van der Waals surface area contributed by atoms with Crippen molar-refractivity contribution in [2.45, 2.75) is 24.2 Å². The van der Waals surface area contributed by atoms with Gasteiger partial charge in [-0.1, -0.05) is 18.7 Å². The highest BCUT2D eigenvalue weighted by atomic mass is 32.2. The monoisotopic (exact) mass is 281 g/mol. The molecule has 0 N–H and O–H groups in total. The van der Waals surface area contributed by atoms with Crippen LogP contribution in [-0.2, 0) is 21.2 Å². The first-order chi connectivity index (χ1) is 9.04. The van der Waals surface area contributed by atoms with Crippen molar-refractivity contribution in [2.24, 2.45) is 0 Å². The summed E-state index contributed by atoms with van der Waals surface area (Å²) < 4.78 is 31.2. The minimum atomic E-state index is -3.31.